The number of allylic oxidation sites excluding steroid dienone is 1. The number of aromatic nitrogens is 2. The minimum absolute atomic E-state index is 0.0461. The second kappa shape index (κ2) is 9.71. The van der Waals surface area contributed by atoms with E-state index in [1.54, 1.807) is 32.5 Å². The van der Waals surface area contributed by atoms with Crippen molar-refractivity contribution in [3.63, 3.8) is 0 Å². The number of hydrogen-bond acceptors (Lipinski definition) is 4. The maximum Gasteiger partial charge on any atom is 0.162 e. The fourth-order valence-electron chi connectivity index (χ4n) is 4.77. The summed E-state index contributed by atoms with van der Waals surface area (Å²) in [5.41, 5.74) is 4.20. The smallest absolute Gasteiger partial charge is 0.162 e. The van der Waals surface area contributed by atoms with Gasteiger partial charge in [-0.3, -0.25) is 4.79 Å². The number of hydrogen-bond donors (Lipinski definition) is 1. The molecule has 1 saturated carbocycles. The number of nitrogens with zero attached hydrogens (tertiary/aromatic N) is 2. The van der Waals surface area contributed by atoms with Gasteiger partial charge in [0.25, 0.3) is 0 Å². The van der Waals surface area contributed by atoms with E-state index >= 15 is 0 Å². The predicted octanol–water partition coefficient (Wildman–Crippen LogP) is 5.25. The van der Waals surface area contributed by atoms with Crippen LogP contribution < -0.4 is 4.74 Å². The first kappa shape index (κ1) is 22.9. The molecule has 1 heterocycles. The van der Waals surface area contributed by atoms with E-state index in [0.717, 1.165) is 34.5 Å². The maximum atomic E-state index is 13.5. The van der Waals surface area contributed by atoms with Gasteiger partial charge in [-0.1, -0.05) is 18.2 Å². The third-order valence-corrected chi connectivity index (χ3v) is 6.36. The molecule has 1 aliphatic rings. The van der Waals surface area contributed by atoms with Crippen molar-refractivity contribution in [1.82, 2.24) is 9.55 Å². The lowest BCUT2D eigenvalue weighted by Crippen LogP contribution is -2.33. The molecule has 3 aromatic rings. The van der Waals surface area contributed by atoms with Crippen molar-refractivity contribution in [2.24, 2.45) is 5.92 Å². The summed E-state index contributed by atoms with van der Waals surface area (Å²) in [6, 6.07) is 11.9. The van der Waals surface area contributed by atoms with E-state index in [-0.39, 0.29) is 23.4 Å². The van der Waals surface area contributed by atoms with Crippen molar-refractivity contribution in [2.75, 3.05) is 7.11 Å². The molecule has 0 saturated heterocycles. The Morgan fingerprint density at radius 1 is 1.24 bits per heavy atom. The minimum atomic E-state index is -0.721. The summed E-state index contributed by atoms with van der Waals surface area (Å²) in [7, 11) is 1.62. The van der Waals surface area contributed by atoms with Crippen LogP contribution in [0.4, 0.5) is 4.39 Å². The van der Waals surface area contributed by atoms with Crippen LogP contribution in [0.1, 0.15) is 48.9 Å². The van der Waals surface area contributed by atoms with Gasteiger partial charge >= 0.3 is 0 Å². The molecule has 0 bridgehead atoms. The van der Waals surface area contributed by atoms with Crippen LogP contribution in [0.2, 0.25) is 0 Å². The van der Waals surface area contributed by atoms with Gasteiger partial charge in [0, 0.05) is 18.0 Å². The number of ether oxygens (including phenoxy) is 1. The highest BCUT2D eigenvalue weighted by atomic mass is 19.1. The van der Waals surface area contributed by atoms with Crippen LogP contribution in [0.15, 0.2) is 60.6 Å². The zero-order valence-corrected chi connectivity index (χ0v) is 19.2. The van der Waals surface area contributed by atoms with E-state index in [1.165, 1.54) is 12.1 Å². The molecule has 5 nitrogen and oxygen atoms in total. The number of aliphatic hydroxyl groups is 1. The van der Waals surface area contributed by atoms with Crippen molar-refractivity contribution in [3.05, 3.63) is 83.2 Å². The number of halogens is 1. The molecule has 1 aliphatic carbocycles. The molecule has 172 valence electrons. The first-order chi connectivity index (χ1) is 15.9. The Bertz CT molecular complexity index is 1160. The number of rotatable bonds is 6. The van der Waals surface area contributed by atoms with Crippen LogP contribution in [0, 0.1) is 18.7 Å². The predicted molar refractivity (Wildman–Crippen MR) is 126 cm³/mol. The van der Waals surface area contributed by atoms with Gasteiger partial charge in [0.05, 0.1) is 30.9 Å². The number of aliphatic hydroxyl groups excluding tert-OH is 1. The van der Waals surface area contributed by atoms with Crippen molar-refractivity contribution in [2.45, 2.75) is 45.1 Å². The lowest BCUT2D eigenvalue weighted by atomic mass is 9.72. The topological polar surface area (TPSA) is 64.3 Å². The van der Waals surface area contributed by atoms with E-state index < -0.39 is 6.10 Å². The molecule has 33 heavy (non-hydrogen) atoms. The molecule has 0 aliphatic heterocycles. The third-order valence-electron chi connectivity index (χ3n) is 6.36. The van der Waals surface area contributed by atoms with E-state index in [0.29, 0.717) is 18.6 Å². The average molecular weight is 449 g/mol. The second-order valence-electron chi connectivity index (χ2n) is 8.70. The zero-order valence-electron chi connectivity index (χ0n) is 19.2. The molecule has 4 rings (SSSR count). The minimum Gasteiger partial charge on any atom is -0.495 e. The van der Waals surface area contributed by atoms with Gasteiger partial charge in [-0.05, 0) is 80.2 Å². The monoisotopic (exact) mass is 448 g/mol. The number of benzene rings is 2. The molecule has 3 atom stereocenters. The standard InChI is InChI=1S/C27H29FN2O3/c1-17-15-30(16-29-17)24-12-7-19(14-25(24)33-3)13-21-5-4-6-23(27(21)32)26(18(2)31)20-8-10-22(28)11-9-20/h7-16,18,23,26,31H,4-6H2,1-3H3/b21-13+/t18-,23-,26?/m1/s1. The van der Waals surface area contributed by atoms with Crippen LogP contribution in [-0.2, 0) is 4.79 Å². The summed E-state index contributed by atoms with van der Waals surface area (Å²) in [6.45, 7) is 3.63. The third kappa shape index (κ3) is 4.91. The van der Waals surface area contributed by atoms with Gasteiger partial charge in [-0.2, -0.15) is 0 Å². The van der Waals surface area contributed by atoms with Gasteiger partial charge in [0.2, 0.25) is 0 Å². The second-order valence-corrected chi connectivity index (χ2v) is 8.70. The highest BCUT2D eigenvalue weighted by Crippen LogP contribution is 2.39. The Morgan fingerprint density at radius 3 is 2.64 bits per heavy atom. The number of ketones is 1. The SMILES string of the molecule is COc1cc(/C=C2\CCC[C@H](C(c3ccc(F)cc3)[C@@H](C)O)C2=O)ccc1-n1cnc(C)c1. The first-order valence-corrected chi connectivity index (χ1v) is 11.2. The summed E-state index contributed by atoms with van der Waals surface area (Å²) in [5, 5.41) is 10.5. The van der Waals surface area contributed by atoms with E-state index in [4.69, 9.17) is 4.74 Å². The van der Waals surface area contributed by atoms with Gasteiger partial charge in [0.1, 0.15) is 11.6 Å². The van der Waals surface area contributed by atoms with E-state index in [9.17, 15) is 14.3 Å². The Kier molecular flexibility index (Phi) is 6.75. The van der Waals surface area contributed by atoms with Crippen LogP contribution in [0.5, 0.6) is 5.75 Å². The van der Waals surface area contributed by atoms with Crippen LogP contribution in [0.3, 0.4) is 0 Å². The number of Topliss-reactive ketones (excluding diaryl/α,β-unsaturated/α-hetero) is 1. The molecular weight excluding hydrogens is 419 g/mol. The Hall–Kier alpha value is -3.25. The van der Waals surface area contributed by atoms with Crippen LogP contribution in [0.25, 0.3) is 11.8 Å². The Labute approximate surface area is 193 Å². The van der Waals surface area contributed by atoms with Crippen molar-refractivity contribution in [1.29, 1.82) is 0 Å². The van der Waals surface area contributed by atoms with E-state index in [2.05, 4.69) is 4.98 Å². The molecule has 1 fully saturated rings. The summed E-state index contributed by atoms with van der Waals surface area (Å²) in [5.74, 6) is -0.310. The number of imidazole rings is 1. The zero-order chi connectivity index (χ0) is 23.5. The summed E-state index contributed by atoms with van der Waals surface area (Å²) < 4.78 is 20.9. The largest absolute Gasteiger partial charge is 0.495 e. The van der Waals surface area contributed by atoms with Crippen molar-refractivity contribution < 1.29 is 19.0 Å². The van der Waals surface area contributed by atoms with Crippen molar-refractivity contribution >= 4 is 11.9 Å². The maximum absolute atomic E-state index is 13.5. The Morgan fingerprint density at radius 2 is 2.00 bits per heavy atom. The molecular formula is C27H29FN2O3. The number of aryl methyl sites for hydroxylation is 1. The normalized spacial score (nSPS) is 19.5. The fourth-order valence-corrected chi connectivity index (χ4v) is 4.77. The fraction of sp³-hybridized carbons (Fsp3) is 0.333. The van der Waals surface area contributed by atoms with Crippen molar-refractivity contribution in [3.8, 4) is 11.4 Å². The average Bonchev–Trinajstić information content (AvgIpc) is 3.23. The summed E-state index contributed by atoms with van der Waals surface area (Å²) >= 11 is 0. The molecule has 1 N–H and O–H groups in total. The lowest BCUT2D eigenvalue weighted by molar-refractivity contribution is -0.122. The van der Waals surface area contributed by atoms with E-state index in [1.807, 2.05) is 42.0 Å². The molecule has 6 heteroatoms. The number of carbonyl (C=O) groups excluding carboxylic acids is 1. The Balaban J connectivity index is 1.63. The highest BCUT2D eigenvalue weighted by molar-refractivity contribution is 6.02. The quantitative estimate of drug-likeness (QED) is 0.524. The van der Waals surface area contributed by atoms with Gasteiger partial charge in [-0.25, -0.2) is 9.37 Å². The van der Waals surface area contributed by atoms with Crippen LogP contribution in [-0.4, -0.2) is 33.7 Å². The first-order valence-electron chi connectivity index (χ1n) is 11.2. The van der Waals surface area contributed by atoms with Gasteiger partial charge in [-0.15, -0.1) is 0 Å². The lowest BCUT2D eigenvalue weighted by Gasteiger charge is -2.32. The number of methoxy groups -OCH3 is 1. The van der Waals surface area contributed by atoms with Gasteiger partial charge < -0.3 is 14.4 Å². The molecule has 1 unspecified atom stereocenters. The molecule has 0 amide bonds. The summed E-state index contributed by atoms with van der Waals surface area (Å²) in [4.78, 5) is 17.7. The highest BCUT2D eigenvalue weighted by Gasteiger charge is 2.36. The molecule has 1 aromatic heterocycles. The van der Waals surface area contributed by atoms with Crippen LogP contribution >= 0.6 is 0 Å². The summed E-state index contributed by atoms with van der Waals surface area (Å²) in [6.07, 6.45) is 7.12. The number of carbonyl (C=O) groups is 1. The molecule has 0 spiro atoms. The molecule has 0 radical (unpaired) electrons. The van der Waals surface area contributed by atoms with Gasteiger partial charge in [0.15, 0.2) is 5.78 Å². The molecule has 2 aromatic carbocycles.